The maximum absolute atomic E-state index is 13.0. The van der Waals surface area contributed by atoms with Gasteiger partial charge >= 0.3 is 12.0 Å². The smallest absolute Gasteiger partial charge is 0.335 e. The van der Waals surface area contributed by atoms with Gasteiger partial charge in [-0.1, -0.05) is 30.3 Å². The molecule has 3 aromatic rings. The highest BCUT2D eigenvalue weighted by molar-refractivity contribution is 6.01. The zero-order chi connectivity index (χ0) is 24.2. The molecule has 0 bridgehead atoms. The van der Waals surface area contributed by atoms with Gasteiger partial charge in [-0.05, 0) is 60.9 Å². The molecule has 9 nitrogen and oxygen atoms in total. The second-order valence-electron chi connectivity index (χ2n) is 8.03. The summed E-state index contributed by atoms with van der Waals surface area (Å²) >= 11 is 0. The fourth-order valence-corrected chi connectivity index (χ4v) is 3.83. The van der Waals surface area contributed by atoms with Gasteiger partial charge in [-0.3, -0.25) is 4.79 Å². The standard InChI is InChI=1S/C25H24N4O5/c1-15(17-5-3-2-4-6-17)28-25(33)29-22(30)20(13-16-11-12-27-21(26)14-16)23(29)34-19-9-7-18(8-10-19)24(31)32/h2-12,14-15,20,23H,13H2,1H3,(H2,26,27)(H,28,33)(H,31,32)/t15-,20?,23-/m1/s1. The first kappa shape index (κ1) is 22.8. The number of hydrogen-bond donors (Lipinski definition) is 3. The van der Waals surface area contributed by atoms with Crippen LogP contribution in [0.25, 0.3) is 0 Å². The number of likely N-dealkylation sites (tertiary alicyclic amines) is 1. The van der Waals surface area contributed by atoms with Crippen LogP contribution in [-0.2, 0) is 11.2 Å². The number of hydrogen-bond acceptors (Lipinski definition) is 6. The molecule has 3 atom stereocenters. The Morgan fingerprint density at radius 2 is 1.85 bits per heavy atom. The van der Waals surface area contributed by atoms with E-state index >= 15 is 0 Å². The molecule has 1 saturated heterocycles. The number of carboxylic acid groups (broad SMARTS) is 1. The highest BCUT2D eigenvalue weighted by Gasteiger charge is 2.52. The van der Waals surface area contributed by atoms with Crippen LogP contribution in [0.5, 0.6) is 5.75 Å². The lowest BCUT2D eigenvalue weighted by atomic mass is 9.89. The monoisotopic (exact) mass is 460 g/mol. The number of β-lactam (4-membered cyclic amide) rings is 1. The number of amides is 3. The Labute approximate surface area is 196 Å². The van der Waals surface area contributed by atoms with Gasteiger partial charge in [0.1, 0.15) is 11.6 Å². The number of urea groups is 1. The molecule has 1 unspecified atom stereocenters. The van der Waals surface area contributed by atoms with Gasteiger partial charge in [0.2, 0.25) is 5.91 Å². The van der Waals surface area contributed by atoms with E-state index in [2.05, 4.69) is 10.3 Å². The molecule has 0 saturated carbocycles. The first-order valence-electron chi connectivity index (χ1n) is 10.7. The zero-order valence-electron chi connectivity index (χ0n) is 18.4. The third-order valence-corrected chi connectivity index (χ3v) is 5.67. The molecule has 3 amide bonds. The number of nitrogens with two attached hydrogens (primary N) is 1. The molecule has 0 aliphatic carbocycles. The Morgan fingerprint density at radius 3 is 2.50 bits per heavy atom. The third kappa shape index (κ3) is 4.83. The third-order valence-electron chi connectivity index (χ3n) is 5.67. The number of carbonyl (C=O) groups excluding carboxylic acids is 2. The predicted octanol–water partition coefficient (Wildman–Crippen LogP) is 3.24. The Balaban J connectivity index is 1.54. The maximum Gasteiger partial charge on any atom is 0.335 e. The van der Waals surface area contributed by atoms with Gasteiger partial charge in [0.25, 0.3) is 0 Å². The van der Waals surface area contributed by atoms with E-state index in [9.17, 15) is 14.4 Å². The van der Waals surface area contributed by atoms with Crippen LogP contribution in [0.1, 0.15) is 34.5 Å². The number of ether oxygens (including phenoxy) is 1. The predicted molar refractivity (Wildman–Crippen MR) is 124 cm³/mol. The Morgan fingerprint density at radius 1 is 1.15 bits per heavy atom. The van der Waals surface area contributed by atoms with Crippen LogP contribution in [0.15, 0.2) is 72.9 Å². The van der Waals surface area contributed by atoms with Crippen LogP contribution in [-0.4, -0.2) is 39.1 Å². The van der Waals surface area contributed by atoms with Crippen LogP contribution < -0.4 is 15.8 Å². The summed E-state index contributed by atoms with van der Waals surface area (Å²) in [7, 11) is 0. The normalized spacial score (nSPS) is 18.0. The lowest BCUT2D eigenvalue weighted by Crippen LogP contribution is -2.68. The lowest BCUT2D eigenvalue weighted by Gasteiger charge is -2.45. The van der Waals surface area contributed by atoms with E-state index in [-0.39, 0.29) is 17.5 Å². The van der Waals surface area contributed by atoms with Crippen molar-refractivity contribution in [2.75, 3.05) is 5.73 Å². The molecule has 4 N–H and O–H groups in total. The second kappa shape index (κ2) is 9.62. The topological polar surface area (TPSA) is 135 Å². The molecule has 0 spiro atoms. The fraction of sp³-hybridized carbons (Fsp3) is 0.200. The quantitative estimate of drug-likeness (QED) is 0.461. The summed E-state index contributed by atoms with van der Waals surface area (Å²) in [5.74, 6) is -1.39. The van der Waals surface area contributed by atoms with E-state index in [0.717, 1.165) is 16.0 Å². The number of imide groups is 1. The Kier molecular flexibility index (Phi) is 6.44. The number of rotatable bonds is 7. The van der Waals surface area contributed by atoms with Crippen molar-refractivity contribution < 1.29 is 24.2 Å². The van der Waals surface area contributed by atoms with Crippen molar-refractivity contribution in [3.05, 3.63) is 89.6 Å². The highest BCUT2D eigenvalue weighted by atomic mass is 16.5. The molecule has 4 rings (SSSR count). The van der Waals surface area contributed by atoms with Crippen LogP contribution >= 0.6 is 0 Å². The van der Waals surface area contributed by atoms with Gasteiger partial charge in [-0.2, -0.15) is 0 Å². The fourth-order valence-electron chi connectivity index (χ4n) is 3.83. The van der Waals surface area contributed by atoms with E-state index in [1.165, 1.54) is 24.3 Å². The molecule has 1 aromatic heterocycles. The van der Waals surface area contributed by atoms with Gasteiger partial charge < -0.3 is 20.9 Å². The number of pyridine rings is 1. The first-order chi connectivity index (χ1) is 16.3. The Hall–Kier alpha value is -4.40. The highest BCUT2D eigenvalue weighted by Crippen LogP contribution is 2.33. The van der Waals surface area contributed by atoms with Crippen LogP contribution in [0.3, 0.4) is 0 Å². The van der Waals surface area contributed by atoms with Crippen molar-refractivity contribution in [3.8, 4) is 5.75 Å². The van der Waals surface area contributed by atoms with Crippen molar-refractivity contribution in [3.63, 3.8) is 0 Å². The van der Waals surface area contributed by atoms with Crippen LogP contribution in [0, 0.1) is 5.92 Å². The summed E-state index contributed by atoms with van der Waals surface area (Å²) in [5.41, 5.74) is 7.55. The number of anilines is 1. The number of aromatic carboxylic acids is 1. The molecule has 34 heavy (non-hydrogen) atoms. The van der Waals surface area contributed by atoms with Crippen molar-refractivity contribution >= 4 is 23.7 Å². The van der Waals surface area contributed by atoms with Gasteiger partial charge in [0.15, 0.2) is 6.23 Å². The molecule has 1 aliphatic rings. The van der Waals surface area contributed by atoms with E-state index in [4.69, 9.17) is 15.6 Å². The number of aromatic nitrogens is 1. The van der Waals surface area contributed by atoms with Crippen molar-refractivity contribution in [1.29, 1.82) is 0 Å². The second-order valence-corrected chi connectivity index (χ2v) is 8.03. The van der Waals surface area contributed by atoms with E-state index in [1.807, 2.05) is 37.3 Å². The summed E-state index contributed by atoms with van der Waals surface area (Å²) in [6.45, 7) is 1.83. The molecule has 9 heteroatoms. The largest absolute Gasteiger partial charge is 0.478 e. The average Bonchev–Trinajstić information content (AvgIpc) is 2.83. The zero-order valence-corrected chi connectivity index (χ0v) is 18.4. The van der Waals surface area contributed by atoms with Crippen LogP contribution in [0.4, 0.5) is 10.6 Å². The van der Waals surface area contributed by atoms with E-state index < -0.39 is 24.1 Å². The summed E-state index contributed by atoms with van der Waals surface area (Å²) in [6.07, 6.45) is 0.988. The number of benzene rings is 2. The Bertz CT molecular complexity index is 1200. The SMILES string of the molecule is C[C@@H](NC(=O)N1C(=O)C(Cc2ccnc(N)c2)[C@H]1Oc1ccc(C(=O)O)cc1)c1ccccc1. The summed E-state index contributed by atoms with van der Waals surface area (Å²) in [5, 5.41) is 11.9. The molecule has 174 valence electrons. The van der Waals surface area contributed by atoms with E-state index in [0.29, 0.717) is 18.0 Å². The minimum absolute atomic E-state index is 0.104. The van der Waals surface area contributed by atoms with Gasteiger partial charge in [-0.15, -0.1) is 0 Å². The molecule has 0 radical (unpaired) electrons. The van der Waals surface area contributed by atoms with Crippen LogP contribution in [0.2, 0.25) is 0 Å². The lowest BCUT2D eigenvalue weighted by molar-refractivity contribution is -0.166. The molecule has 1 aliphatic heterocycles. The molecular weight excluding hydrogens is 436 g/mol. The maximum atomic E-state index is 13.0. The van der Waals surface area contributed by atoms with E-state index in [1.54, 1.807) is 18.3 Å². The average molecular weight is 460 g/mol. The van der Waals surface area contributed by atoms with Crippen molar-refractivity contribution in [2.24, 2.45) is 5.92 Å². The van der Waals surface area contributed by atoms with Gasteiger partial charge in [0.05, 0.1) is 17.5 Å². The van der Waals surface area contributed by atoms with Gasteiger partial charge in [0, 0.05) is 6.20 Å². The molecular formula is C25H24N4O5. The van der Waals surface area contributed by atoms with Crippen molar-refractivity contribution in [2.45, 2.75) is 25.6 Å². The number of nitrogens with one attached hydrogen (secondary N) is 1. The number of carboxylic acids is 1. The summed E-state index contributed by atoms with van der Waals surface area (Å²) in [6, 6.07) is 17.7. The minimum Gasteiger partial charge on any atom is -0.478 e. The molecule has 2 aromatic carbocycles. The van der Waals surface area contributed by atoms with Gasteiger partial charge in [-0.25, -0.2) is 19.5 Å². The number of nitrogens with zero attached hydrogens (tertiary/aromatic N) is 2. The summed E-state index contributed by atoms with van der Waals surface area (Å²) < 4.78 is 6.00. The first-order valence-corrected chi connectivity index (χ1v) is 10.7. The van der Waals surface area contributed by atoms with Crippen molar-refractivity contribution in [1.82, 2.24) is 15.2 Å². The minimum atomic E-state index is -1.06. The number of carbonyl (C=O) groups is 3. The number of nitrogen functional groups attached to an aromatic ring is 1. The molecule has 2 heterocycles. The summed E-state index contributed by atoms with van der Waals surface area (Å²) in [4.78, 5) is 42.2. The molecule has 1 fully saturated rings.